The Hall–Kier alpha value is -1.94. The zero-order chi connectivity index (χ0) is 64.3. The highest BCUT2D eigenvalue weighted by Crippen LogP contribution is 2.45. The number of ether oxygens (including phenoxy) is 4. The molecule has 0 spiro atoms. The van der Waals surface area contributed by atoms with Crippen LogP contribution in [0.15, 0.2) is 0 Å². The molecule has 0 bridgehead atoms. The van der Waals surface area contributed by atoms with Crippen LogP contribution in [0.3, 0.4) is 0 Å². The Balaban J connectivity index is 5.14. The fourth-order valence-electron chi connectivity index (χ4n) is 10.2. The van der Waals surface area contributed by atoms with Gasteiger partial charge in [0.05, 0.1) is 26.4 Å². The van der Waals surface area contributed by atoms with Crippen LogP contribution in [0.4, 0.5) is 0 Å². The van der Waals surface area contributed by atoms with Crippen LogP contribution >= 0.6 is 15.6 Å². The summed E-state index contributed by atoms with van der Waals surface area (Å²) in [5.74, 6) is -0.686. The van der Waals surface area contributed by atoms with Crippen molar-refractivity contribution in [2.24, 2.45) is 11.8 Å². The van der Waals surface area contributed by atoms with Gasteiger partial charge in [0, 0.05) is 25.7 Å². The van der Waals surface area contributed by atoms with Gasteiger partial charge in [0.2, 0.25) is 0 Å². The van der Waals surface area contributed by atoms with Gasteiger partial charge in [-0.2, -0.15) is 0 Å². The van der Waals surface area contributed by atoms with E-state index in [9.17, 15) is 43.2 Å². The third-order valence-corrected chi connectivity index (χ3v) is 17.6. The predicted octanol–water partition coefficient (Wildman–Crippen LogP) is 19.2. The van der Waals surface area contributed by atoms with Gasteiger partial charge in [0.1, 0.15) is 19.3 Å². The summed E-state index contributed by atoms with van der Waals surface area (Å²) in [5, 5.41) is 10.5. The van der Waals surface area contributed by atoms with Gasteiger partial charge in [-0.05, 0) is 37.5 Å². The van der Waals surface area contributed by atoms with E-state index in [1.165, 1.54) is 154 Å². The molecule has 0 aromatic rings. The number of aliphatic hydroxyl groups excluding tert-OH is 1. The predicted molar refractivity (Wildman–Crippen MR) is 349 cm³/mol. The van der Waals surface area contributed by atoms with Gasteiger partial charge >= 0.3 is 39.5 Å². The number of aliphatic hydroxyl groups is 1. The van der Waals surface area contributed by atoms with Gasteiger partial charge in [0.25, 0.3) is 0 Å². The molecule has 19 heteroatoms. The molecule has 0 radical (unpaired) electrons. The van der Waals surface area contributed by atoms with E-state index in [1.54, 1.807) is 0 Å². The van der Waals surface area contributed by atoms with E-state index in [4.69, 9.17) is 37.0 Å². The number of carbonyl (C=O) groups is 4. The summed E-state index contributed by atoms with van der Waals surface area (Å²) in [6, 6.07) is 0. The number of esters is 4. The van der Waals surface area contributed by atoms with Crippen LogP contribution in [0.25, 0.3) is 0 Å². The molecule has 0 amide bonds. The first-order chi connectivity index (χ1) is 41.9. The van der Waals surface area contributed by atoms with Crippen molar-refractivity contribution in [1.82, 2.24) is 0 Å². The molecule has 0 aromatic heterocycles. The third-order valence-electron chi connectivity index (χ3n) is 15.7. The molecule has 0 aliphatic heterocycles. The first-order valence-electron chi connectivity index (χ1n) is 35.5. The van der Waals surface area contributed by atoms with Gasteiger partial charge < -0.3 is 33.8 Å². The van der Waals surface area contributed by atoms with Crippen molar-refractivity contribution in [3.63, 3.8) is 0 Å². The fourth-order valence-corrected chi connectivity index (χ4v) is 11.8. The van der Waals surface area contributed by atoms with Crippen LogP contribution in [0.2, 0.25) is 0 Å². The monoisotopic (exact) mass is 1280 g/mol. The van der Waals surface area contributed by atoms with Crippen molar-refractivity contribution < 1.29 is 80.2 Å². The molecule has 0 saturated heterocycles. The quantitative estimate of drug-likeness (QED) is 0.0222. The number of rotatable bonds is 67. The summed E-state index contributed by atoms with van der Waals surface area (Å²) >= 11 is 0. The topological polar surface area (TPSA) is 237 Å². The van der Waals surface area contributed by atoms with Crippen molar-refractivity contribution in [1.29, 1.82) is 0 Å². The van der Waals surface area contributed by atoms with Crippen molar-refractivity contribution >= 4 is 39.5 Å². The minimum atomic E-state index is -4.95. The van der Waals surface area contributed by atoms with E-state index < -0.39 is 97.5 Å². The summed E-state index contributed by atoms with van der Waals surface area (Å²) in [6.07, 6.45) is 45.0. The lowest BCUT2D eigenvalue weighted by Crippen LogP contribution is -2.30. The zero-order valence-electron chi connectivity index (χ0n) is 56.3. The summed E-state index contributed by atoms with van der Waals surface area (Å²) in [5.41, 5.74) is 0. The first-order valence-corrected chi connectivity index (χ1v) is 38.5. The van der Waals surface area contributed by atoms with Crippen LogP contribution in [0.5, 0.6) is 0 Å². The number of phosphoric acid groups is 2. The molecule has 0 fully saturated rings. The van der Waals surface area contributed by atoms with Gasteiger partial charge in [-0.25, -0.2) is 9.13 Å². The second-order valence-corrected chi connectivity index (χ2v) is 28.4. The number of carbonyl (C=O) groups excluding carboxylic acids is 4. The SMILES string of the molecule is CCCCCCCCCCCCCCCCCCCCCC(=O)O[C@H](COC(=O)CCCCCCCCCCCCC(C)C)COP(=O)(O)OC[C@@H](O)COP(=O)(O)OC[C@@H](COC(=O)CCCCCCC)OC(=O)CCCCCCCCCC(C)C. The summed E-state index contributed by atoms with van der Waals surface area (Å²) < 4.78 is 67.9. The highest BCUT2D eigenvalue weighted by atomic mass is 31.2. The van der Waals surface area contributed by atoms with E-state index in [1.807, 2.05) is 0 Å². The zero-order valence-corrected chi connectivity index (χ0v) is 58.1. The average molecular weight is 1280 g/mol. The van der Waals surface area contributed by atoms with Gasteiger partial charge in [-0.1, -0.05) is 292 Å². The average Bonchev–Trinajstić information content (AvgIpc) is 3.68. The number of phosphoric ester groups is 2. The maximum atomic E-state index is 13.0. The van der Waals surface area contributed by atoms with E-state index in [0.717, 1.165) is 102 Å². The van der Waals surface area contributed by atoms with Gasteiger partial charge in [-0.15, -0.1) is 0 Å². The molecular weight excluding hydrogens is 1150 g/mol. The molecule has 5 atom stereocenters. The van der Waals surface area contributed by atoms with Crippen LogP contribution in [0.1, 0.15) is 343 Å². The van der Waals surface area contributed by atoms with Crippen LogP contribution in [-0.4, -0.2) is 96.7 Å². The Bertz CT molecular complexity index is 1700. The Morgan fingerprint density at radius 3 is 0.782 bits per heavy atom. The molecule has 0 aliphatic rings. The Kier molecular flexibility index (Phi) is 59.0. The molecule has 0 aliphatic carbocycles. The lowest BCUT2D eigenvalue weighted by atomic mass is 10.0. The maximum absolute atomic E-state index is 13.0. The smallest absolute Gasteiger partial charge is 0.462 e. The largest absolute Gasteiger partial charge is 0.472 e. The van der Waals surface area contributed by atoms with Crippen molar-refractivity contribution in [3.8, 4) is 0 Å². The third kappa shape index (κ3) is 62.6. The molecule has 2 unspecified atom stereocenters. The Labute approximate surface area is 530 Å². The standard InChI is InChI=1S/C68H132O17P2/c1-7-9-11-13-14-15-16-17-18-19-20-21-22-23-24-29-34-40-46-52-67(72)85-64(57-79-66(71)51-45-39-33-28-26-25-27-31-37-42-48-60(3)4)59-83-87(76,77)81-55-62(69)54-80-86(74,75)82-58-63(56-78-65(70)50-44-36-12-10-8-2)84-68(73)53-47-41-35-30-32-38-43-49-61(5)6/h60-64,69H,7-59H2,1-6H3,(H,74,75)(H,76,77)/t62-,63+,64+/m0/s1. The highest BCUT2D eigenvalue weighted by Gasteiger charge is 2.30. The highest BCUT2D eigenvalue weighted by molar-refractivity contribution is 7.47. The first kappa shape index (κ1) is 85.1. The second-order valence-electron chi connectivity index (χ2n) is 25.5. The van der Waals surface area contributed by atoms with Crippen LogP contribution in [-0.2, 0) is 65.4 Å². The lowest BCUT2D eigenvalue weighted by molar-refractivity contribution is -0.161. The molecule has 0 rings (SSSR count). The minimum absolute atomic E-state index is 0.102. The molecule has 3 N–H and O–H groups in total. The number of unbranched alkanes of at least 4 members (excludes halogenated alkanes) is 37. The van der Waals surface area contributed by atoms with E-state index >= 15 is 0 Å². The number of hydrogen-bond donors (Lipinski definition) is 3. The molecule has 0 aromatic carbocycles. The number of hydrogen-bond acceptors (Lipinski definition) is 15. The maximum Gasteiger partial charge on any atom is 0.472 e. The van der Waals surface area contributed by atoms with Gasteiger partial charge in [0.15, 0.2) is 12.2 Å². The lowest BCUT2D eigenvalue weighted by Gasteiger charge is -2.21. The van der Waals surface area contributed by atoms with Crippen molar-refractivity contribution in [2.45, 2.75) is 362 Å². The van der Waals surface area contributed by atoms with E-state index in [2.05, 4.69) is 41.5 Å². The molecule has 0 heterocycles. The van der Waals surface area contributed by atoms with Gasteiger partial charge in [-0.3, -0.25) is 37.3 Å². The molecule has 17 nitrogen and oxygen atoms in total. The van der Waals surface area contributed by atoms with Crippen molar-refractivity contribution in [2.75, 3.05) is 39.6 Å². The summed E-state index contributed by atoms with van der Waals surface area (Å²) in [4.78, 5) is 72.1. The summed E-state index contributed by atoms with van der Waals surface area (Å²) in [7, 11) is -9.89. The van der Waals surface area contributed by atoms with E-state index in [0.29, 0.717) is 31.6 Å². The summed E-state index contributed by atoms with van der Waals surface area (Å²) in [6.45, 7) is 9.37. The van der Waals surface area contributed by atoms with E-state index in [-0.39, 0.29) is 25.7 Å². The molecule has 87 heavy (non-hydrogen) atoms. The molecular formula is C68H132O17P2. The molecule has 516 valence electrons. The van der Waals surface area contributed by atoms with Crippen LogP contribution < -0.4 is 0 Å². The Morgan fingerprint density at radius 1 is 0.310 bits per heavy atom. The second kappa shape index (κ2) is 60.3. The minimum Gasteiger partial charge on any atom is -0.462 e. The Morgan fingerprint density at radius 2 is 0.529 bits per heavy atom. The molecule has 0 saturated carbocycles. The van der Waals surface area contributed by atoms with Crippen LogP contribution in [0, 0.1) is 11.8 Å². The fraction of sp³-hybridized carbons (Fsp3) is 0.941. The normalized spacial score (nSPS) is 14.2. The van der Waals surface area contributed by atoms with Crippen molar-refractivity contribution in [3.05, 3.63) is 0 Å².